The van der Waals surface area contributed by atoms with Crippen LogP contribution in [0.15, 0.2) is 23.1 Å². The summed E-state index contributed by atoms with van der Waals surface area (Å²) in [6.07, 6.45) is 0. The van der Waals surface area contributed by atoms with E-state index in [9.17, 15) is 13.2 Å². The summed E-state index contributed by atoms with van der Waals surface area (Å²) in [7, 11) is -2.35. The largest absolute Gasteiger partial charge is 0.399 e. The number of anilines is 1. The first kappa shape index (κ1) is 17.5. The van der Waals surface area contributed by atoms with Gasteiger partial charge in [0.1, 0.15) is 0 Å². The van der Waals surface area contributed by atoms with Crippen molar-refractivity contribution in [1.29, 1.82) is 0 Å². The highest BCUT2D eigenvalue weighted by Gasteiger charge is 2.24. The molecule has 0 radical (unpaired) electrons. The van der Waals surface area contributed by atoms with E-state index < -0.39 is 10.0 Å². The minimum atomic E-state index is -3.73. The van der Waals surface area contributed by atoms with Gasteiger partial charge >= 0.3 is 0 Å². The molecule has 0 unspecified atom stereocenters. The number of aryl methyl sites for hydroxylation is 1. The Morgan fingerprint density at radius 2 is 2.00 bits per heavy atom. The topological polar surface area (TPSA) is 92.5 Å². The lowest BCUT2D eigenvalue weighted by molar-refractivity contribution is -0.121. The number of likely N-dealkylation sites (N-methyl/N-ethyl adjacent to an activating group) is 1. The molecule has 7 heteroatoms. The maximum absolute atomic E-state index is 12.5. The molecule has 118 valence electrons. The molecule has 1 aromatic carbocycles. The summed E-state index contributed by atoms with van der Waals surface area (Å²) in [5, 5.41) is 2.69. The summed E-state index contributed by atoms with van der Waals surface area (Å²) >= 11 is 0. The smallest absolute Gasteiger partial charge is 0.243 e. The van der Waals surface area contributed by atoms with Gasteiger partial charge in [0.2, 0.25) is 15.9 Å². The van der Waals surface area contributed by atoms with E-state index in [2.05, 4.69) is 5.32 Å². The molecule has 3 N–H and O–H groups in total. The first-order valence-electron chi connectivity index (χ1n) is 6.73. The van der Waals surface area contributed by atoms with Crippen LogP contribution in [0.3, 0.4) is 0 Å². The molecule has 1 amide bonds. The Morgan fingerprint density at radius 3 is 2.57 bits per heavy atom. The van der Waals surface area contributed by atoms with Crippen LogP contribution in [0.25, 0.3) is 0 Å². The standard InChI is InChI=1S/C14H23N3O3S/c1-10(2)8-16-14(18)9-17(4)21(19,20)13-7-12(15)6-5-11(13)3/h5-7,10H,8-9,15H2,1-4H3,(H,16,18). The van der Waals surface area contributed by atoms with Crippen molar-refractivity contribution in [2.24, 2.45) is 5.92 Å². The summed E-state index contributed by atoms with van der Waals surface area (Å²) in [5.74, 6) is -0.0108. The summed E-state index contributed by atoms with van der Waals surface area (Å²) < 4.78 is 26.0. The number of nitrogens with one attached hydrogen (secondary N) is 1. The van der Waals surface area contributed by atoms with Crippen LogP contribution in [0.4, 0.5) is 5.69 Å². The van der Waals surface area contributed by atoms with E-state index in [1.165, 1.54) is 13.1 Å². The van der Waals surface area contributed by atoms with Gasteiger partial charge in [-0.25, -0.2) is 8.42 Å². The fraction of sp³-hybridized carbons (Fsp3) is 0.500. The Hall–Kier alpha value is -1.60. The third-order valence-electron chi connectivity index (χ3n) is 2.97. The summed E-state index contributed by atoms with van der Waals surface area (Å²) in [6, 6.07) is 4.70. The van der Waals surface area contributed by atoms with Crippen molar-refractivity contribution in [3.05, 3.63) is 23.8 Å². The predicted octanol–water partition coefficient (Wildman–Crippen LogP) is 0.970. The van der Waals surface area contributed by atoms with Crippen LogP contribution in [0.2, 0.25) is 0 Å². The molecule has 1 rings (SSSR count). The number of amides is 1. The van der Waals surface area contributed by atoms with Crippen molar-refractivity contribution >= 4 is 21.6 Å². The number of sulfonamides is 1. The number of hydrogen-bond donors (Lipinski definition) is 2. The monoisotopic (exact) mass is 313 g/mol. The maximum Gasteiger partial charge on any atom is 0.243 e. The lowest BCUT2D eigenvalue weighted by atomic mass is 10.2. The predicted molar refractivity (Wildman–Crippen MR) is 83.3 cm³/mol. The van der Waals surface area contributed by atoms with E-state index in [4.69, 9.17) is 5.73 Å². The van der Waals surface area contributed by atoms with Crippen LogP contribution < -0.4 is 11.1 Å². The Kier molecular flexibility index (Phi) is 5.74. The Morgan fingerprint density at radius 1 is 1.38 bits per heavy atom. The van der Waals surface area contributed by atoms with Gasteiger partial charge in [0.25, 0.3) is 0 Å². The molecule has 0 spiro atoms. The number of hydrogen-bond acceptors (Lipinski definition) is 4. The van der Waals surface area contributed by atoms with Gasteiger partial charge in [0, 0.05) is 19.3 Å². The number of nitrogen functional groups attached to an aromatic ring is 1. The fourth-order valence-electron chi connectivity index (χ4n) is 1.72. The van der Waals surface area contributed by atoms with Crippen molar-refractivity contribution in [3.63, 3.8) is 0 Å². The number of carbonyl (C=O) groups is 1. The molecular formula is C14H23N3O3S. The van der Waals surface area contributed by atoms with E-state index in [0.717, 1.165) is 4.31 Å². The average molecular weight is 313 g/mol. The van der Waals surface area contributed by atoms with E-state index in [1.807, 2.05) is 13.8 Å². The maximum atomic E-state index is 12.5. The van der Waals surface area contributed by atoms with Gasteiger partial charge in [-0.2, -0.15) is 4.31 Å². The second-order valence-electron chi connectivity index (χ2n) is 5.48. The molecule has 0 aliphatic heterocycles. The number of nitrogens with two attached hydrogens (primary N) is 1. The lowest BCUT2D eigenvalue weighted by Crippen LogP contribution is -2.39. The van der Waals surface area contributed by atoms with Gasteiger partial charge < -0.3 is 11.1 Å². The van der Waals surface area contributed by atoms with Crippen LogP contribution in [0.5, 0.6) is 0 Å². The third kappa shape index (κ3) is 4.71. The van der Waals surface area contributed by atoms with Gasteiger partial charge in [-0.1, -0.05) is 19.9 Å². The molecule has 0 saturated carbocycles. The minimum absolute atomic E-state index is 0.127. The molecule has 0 fully saturated rings. The van der Waals surface area contributed by atoms with Crippen LogP contribution in [-0.2, 0) is 14.8 Å². The highest BCUT2D eigenvalue weighted by atomic mass is 32.2. The van der Waals surface area contributed by atoms with Gasteiger partial charge in [-0.3, -0.25) is 4.79 Å². The average Bonchev–Trinajstić information content (AvgIpc) is 2.39. The van der Waals surface area contributed by atoms with Crippen molar-refractivity contribution in [3.8, 4) is 0 Å². The molecule has 0 aliphatic carbocycles. The number of rotatable bonds is 6. The number of nitrogens with zero attached hydrogens (tertiary/aromatic N) is 1. The molecule has 0 aliphatic rings. The van der Waals surface area contributed by atoms with E-state index in [0.29, 0.717) is 23.7 Å². The zero-order valence-electron chi connectivity index (χ0n) is 12.9. The van der Waals surface area contributed by atoms with Crippen LogP contribution >= 0.6 is 0 Å². The number of carbonyl (C=O) groups excluding carboxylic acids is 1. The van der Waals surface area contributed by atoms with Crippen molar-refractivity contribution in [2.45, 2.75) is 25.7 Å². The molecule has 0 saturated heterocycles. The first-order valence-corrected chi connectivity index (χ1v) is 8.17. The minimum Gasteiger partial charge on any atom is -0.399 e. The normalized spacial score (nSPS) is 11.9. The van der Waals surface area contributed by atoms with E-state index >= 15 is 0 Å². The van der Waals surface area contributed by atoms with Crippen LogP contribution in [0, 0.1) is 12.8 Å². The molecule has 0 aromatic heterocycles. The molecular weight excluding hydrogens is 290 g/mol. The molecule has 1 aromatic rings. The van der Waals surface area contributed by atoms with Gasteiger partial charge in [-0.15, -0.1) is 0 Å². The van der Waals surface area contributed by atoms with Gasteiger partial charge in [-0.05, 0) is 30.5 Å². The Labute approximate surface area is 126 Å². The third-order valence-corrected chi connectivity index (χ3v) is 4.92. The first-order chi connectivity index (χ1) is 9.64. The summed E-state index contributed by atoms with van der Waals surface area (Å²) in [5.41, 5.74) is 6.61. The second kappa shape index (κ2) is 6.91. The zero-order chi connectivity index (χ0) is 16.2. The summed E-state index contributed by atoms with van der Waals surface area (Å²) in [6.45, 7) is 5.93. The van der Waals surface area contributed by atoms with Gasteiger partial charge in [0.05, 0.1) is 11.4 Å². The van der Waals surface area contributed by atoms with Crippen molar-refractivity contribution in [2.75, 3.05) is 25.9 Å². The fourth-order valence-corrected chi connectivity index (χ4v) is 3.11. The Bertz CT molecular complexity index is 612. The van der Waals surface area contributed by atoms with Crippen LogP contribution in [0.1, 0.15) is 19.4 Å². The van der Waals surface area contributed by atoms with Crippen molar-refractivity contribution in [1.82, 2.24) is 9.62 Å². The zero-order valence-corrected chi connectivity index (χ0v) is 13.7. The second-order valence-corrected chi connectivity index (χ2v) is 7.50. The van der Waals surface area contributed by atoms with E-state index in [-0.39, 0.29) is 17.3 Å². The molecule has 21 heavy (non-hydrogen) atoms. The van der Waals surface area contributed by atoms with E-state index in [1.54, 1.807) is 19.1 Å². The van der Waals surface area contributed by atoms with Gasteiger partial charge in [0.15, 0.2) is 0 Å². The Balaban J connectivity index is 2.87. The summed E-state index contributed by atoms with van der Waals surface area (Å²) in [4.78, 5) is 11.9. The highest BCUT2D eigenvalue weighted by Crippen LogP contribution is 2.21. The lowest BCUT2D eigenvalue weighted by Gasteiger charge is -2.19. The molecule has 6 nitrogen and oxygen atoms in total. The highest BCUT2D eigenvalue weighted by molar-refractivity contribution is 7.89. The SMILES string of the molecule is Cc1ccc(N)cc1S(=O)(=O)N(C)CC(=O)NCC(C)C. The van der Waals surface area contributed by atoms with Crippen molar-refractivity contribution < 1.29 is 13.2 Å². The van der Waals surface area contributed by atoms with Crippen LogP contribution in [-0.4, -0.2) is 38.8 Å². The molecule has 0 heterocycles. The molecule has 0 atom stereocenters. The molecule has 0 bridgehead atoms. The quantitative estimate of drug-likeness (QED) is 0.765. The number of benzene rings is 1.